The quantitative estimate of drug-likeness (QED) is 0.740. The summed E-state index contributed by atoms with van der Waals surface area (Å²) in [6.45, 7) is 2.98. The number of amides is 2. The Morgan fingerprint density at radius 2 is 1.73 bits per heavy atom. The van der Waals surface area contributed by atoms with Crippen molar-refractivity contribution in [2.45, 2.75) is 44.0 Å². The van der Waals surface area contributed by atoms with Gasteiger partial charge in [-0.25, -0.2) is 8.42 Å². The number of nitrogens with zero attached hydrogens (tertiary/aromatic N) is 1. The molecule has 1 saturated carbocycles. The number of anilines is 2. The van der Waals surface area contributed by atoms with E-state index in [1.165, 1.54) is 12.1 Å². The van der Waals surface area contributed by atoms with Crippen LogP contribution in [0.2, 0.25) is 0 Å². The van der Waals surface area contributed by atoms with E-state index in [-0.39, 0.29) is 22.6 Å². The van der Waals surface area contributed by atoms with Gasteiger partial charge in [-0.3, -0.25) is 14.3 Å². The minimum atomic E-state index is -3.77. The SMILES string of the molecule is CCC(=O)Nc1ccc(S(=O)(=O)Nc2ccc3c(c2)CN(C(=O)C2CC2)CC3)cc1. The van der Waals surface area contributed by atoms with E-state index in [0.717, 1.165) is 30.4 Å². The molecule has 0 unspecified atom stereocenters. The molecular formula is C22H25N3O4S. The zero-order valence-electron chi connectivity index (χ0n) is 16.8. The Morgan fingerprint density at radius 3 is 2.40 bits per heavy atom. The number of rotatable bonds is 6. The summed E-state index contributed by atoms with van der Waals surface area (Å²) in [7, 11) is -3.77. The molecule has 2 aliphatic rings. The molecule has 0 saturated heterocycles. The molecular weight excluding hydrogens is 402 g/mol. The molecule has 2 aromatic rings. The number of hydrogen-bond acceptors (Lipinski definition) is 4. The van der Waals surface area contributed by atoms with Crippen LogP contribution in [0.3, 0.4) is 0 Å². The second kappa shape index (κ2) is 8.10. The molecule has 4 rings (SSSR count). The molecule has 1 aliphatic carbocycles. The fourth-order valence-electron chi connectivity index (χ4n) is 3.58. The Hall–Kier alpha value is -2.87. The smallest absolute Gasteiger partial charge is 0.261 e. The minimum absolute atomic E-state index is 0.111. The molecule has 0 bridgehead atoms. The monoisotopic (exact) mass is 427 g/mol. The van der Waals surface area contributed by atoms with Gasteiger partial charge in [-0.15, -0.1) is 0 Å². The summed E-state index contributed by atoms with van der Waals surface area (Å²) >= 11 is 0. The Kier molecular flexibility index (Phi) is 5.51. The highest BCUT2D eigenvalue weighted by Crippen LogP contribution is 2.33. The topological polar surface area (TPSA) is 95.6 Å². The molecule has 0 spiro atoms. The van der Waals surface area contributed by atoms with Gasteiger partial charge in [0.1, 0.15) is 0 Å². The van der Waals surface area contributed by atoms with Gasteiger partial charge < -0.3 is 10.2 Å². The van der Waals surface area contributed by atoms with Crippen LogP contribution in [0.4, 0.5) is 11.4 Å². The van der Waals surface area contributed by atoms with E-state index in [9.17, 15) is 18.0 Å². The highest BCUT2D eigenvalue weighted by Gasteiger charge is 2.34. The molecule has 7 nitrogen and oxygen atoms in total. The highest BCUT2D eigenvalue weighted by molar-refractivity contribution is 7.92. The van der Waals surface area contributed by atoms with E-state index in [0.29, 0.717) is 30.9 Å². The molecule has 2 amide bonds. The molecule has 1 heterocycles. The van der Waals surface area contributed by atoms with Crippen molar-refractivity contribution in [2.75, 3.05) is 16.6 Å². The first-order chi connectivity index (χ1) is 14.4. The van der Waals surface area contributed by atoms with Gasteiger partial charge in [0.15, 0.2) is 0 Å². The van der Waals surface area contributed by atoms with Gasteiger partial charge in [0, 0.05) is 36.8 Å². The summed E-state index contributed by atoms with van der Waals surface area (Å²) in [5.74, 6) is 0.257. The molecule has 2 aromatic carbocycles. The summed E-state index contributed by atoms with van der Waals surface area (Å²) in [5.41, 5.74) is 3.15. The number of benzene rings is 2. The Morgan fingerprint density at radius 1 is 1.03 bits per heavy atom. The summed E-state index contributed by atoms with van der Waals surface area (Å²) in [6, 6.07) is 11.5. The van der Waals surface area contributed by atoms with Crippen LogP contribution in [-0.4, -0.2) is 31.7 Å². The number of fused-ring (bicyclic) bond motifs is 1. The van der Waals surface area contributed by atoms with Gasteiger partial charge >= 0.3 is 0 Å². The van der Waals surface area contributed by atoms with Crippen LogP contribution >= 0.6 is 0 Å². The van der Waals surface area contributed by atoms with Crippen molar-refractivity contribution < 1.29 is 18.0 Å². The van der Waals surface area contributed by atoms with Gasteiger partial charge in [-0.05, 0) is 66.8 Å². The molecule has 1 fully saturated rings. The maximum atomic E-state index is 12.8. The van der Waals surface area contributed by atoms with E-state index in [1.54, 1.807) is 25.1 Å². The van der Waals surface area contributed by atoms with Crippen LogP contribution in [0.25, 0.3) is 0 Å². The molecule has 0 atom stereocenters. The van der Waals surface area contributed by atoms with Crippen LogP contribution in [-0.2, 0) is 32.6 Å². The molecule has 158 valence electrons. The average Bonchev–Trinajstić information content (AvgIpc) is 3.58. The molecule has 0 radical (unpaired) electrons. The van der Waals surface area contributed by atoms with Crippen molar-refractivity contribution in [3.63, 3.8) is 0 Å². The first-order valence-corrected chi connectivity index (χ1v) is 11.7. The minimum Gasteiger partial charge on any atom is -0.338 e. The molecule has 1 aliphatic heterocycles. The first kappa shape index (κ1) is 20.4. The number of nitrogens with one attached hydrogen (secondary N) is 2. The number of carbonyl (C=O) groups is 2. The Bertz CT molecular complexity index is 1080. The molecule has 0 aromatic heterocycles. The summed E-state index contributed by atoms with van der Waals surface area (Å²) in [5, 5.41) is 2.69. The summed E-state index contributed by atoms with van der Waals surface area (Å²) in [4.78, 5) is 25.8. The zero-order chi connectivity index (χ0) is 21.3. The van der Waals surface area contributed by atoms with Crippen LogP contribution < -0.4 is 10.0 Å². The highest BCUT2D eigenvalue weighted by atomic mass is 32.2. The van der Waals surface area contributed by atoms with E-state index in [1.807, 2.05) is 17.0 Å². The first-order valence-electron chi connectivity index (χ1n) is 10.2. The van der Waals surface area contributed by atoms with Gasteiger partial charge in [0.25, 0.3) is 10.0 Å². The lowest BCUT2D eigenvalue weighted by Gasteiger charge is -2.29. The van der Waals surface area contributed by atoms with Gasteiger partial charge in [0.05, 0.1) is 4.90 Å². The standard InChI is InChI=1S/C22H25N3O4S/c1-2-21(26)23-18-7-9-20(10-8-18)30(28,29)24-19-6-5-15-11-12-25(14-17(15)13-19)22(27)16-3-4-16/h5-10,13,16,24H,2-4,11-12,14H2,1H3,(H,23,26). The zero-order valence-corrected chi connectivity index (χ0v) is 17.7. The summed E-state index contributed by atoms with van der Waals surface area (Å²) < 4.78 is 28.1. The van der Waals surface area contributed by atoms with Gasteiger partial charge in [-0.2, -0.15) is 0 Å². The van der Waals surface area contributed by atoms with Crippen LogP contribution in [0.15, 0.2) is 47.4 Å². The largest absolute Gasteiger partial charge is 0.338 e. The number of hydrogen-bond donors (Lipinski definition) is 2. The summed E-state index contributed by atoms with van der Waals surface area (Å²) in [6.07, 6.45) is 3.08. The number of carbonyl (C=O) groups excluding carboxylic acids is 2. The fraction of sp³-hybridized carbons (Fsp3) is 0.364. The molecule has 8 heteroatoms. The average molecular weight is 428 g/mol. The Balaban J connectivity index is 1.48. The predicted octanol–water partition coefficient (Wildman–Crippen LogP) is 3.13. The van der Waals surface area contributed by atoms with Crippen molar-refractivity contribution >= 4 is 33.2 Å². The van der Waals surface area contributed by atoms with E-state index in [4.69, 9.17) is 0 Å². The van der Waals surface area contributed by atoms with Crippen molar-refractivity contribution in [1.82, 2.24) is 4.90 Å². The van der Waals surface area contributed by atoms with Crippen molar-refractivity contribution in [1.29, 1.82) is 0 Å². The predicted molar refractivity (Wildman–Crippen MR) is 114 cm³/mol. The molecule has 2 N–H and O–H groups in total. The maximum absolute atomic E-state index is 12.8. The number of sulfonamides is 1. The van der Waals surface area contributed by atoms with E-state index in [2.05, 4.69) is 10.0 Å². The fourth-order valence-corrected chi connectivity index (χ4v) is 4.63. The maximum Gasteiger partial charge on any atom is 0.261 e. The normalized spacial score (nSPS) is 16.0. The van der Waals surface area contributed by atoms with Crippen molar-refractivity contribution in [3.8, 4) is 0 Å². The van der Waals surface area contributed by atoms with Gasteiger partial charge in [-0.1, -0.05) is 13.0 Å². The van der Waals surface area contributed by atoms with Gasteiger partial charge in [0.2, 0.25) is 11.8 Å². The third kappa shape index (κ3) is 4.48. The van der Waals surface area contributed by atoms with Crippen molar-refractivity contribution in [2.24, 2.45) is 5.92 Å². The lowest BCUT2D eigenvalue weighted by molar-refractivity contribution is -0.133. The van der Waals surface area contributed by atoms with Crippen molar-refractivity contribution in [3.05, 3.63) is 53.6 Å². The van der Waals surface area contributed by atoms with E-state index < -0.39 is 10.0 Å². The third-order valence-corrected chi connectivity index (χ3v) is 6.88. The molecule has 30 heavy (non-hydrogen) atoms. The van der Waals surface area contributed by atoms with Crippen LogP contribution in [0, 0.1) is 5.92 Å². The van der Waals surface area contributed by atoms with Crippen LogP contribution in [0.1, 0.15) is 37.3 Å². The lowest BCUT2D eigenvalue weighted by atomic mass is 9.99. The van der Waals surface area contributed by atoms with E-state index >= 15 is 0 Å². The Labute approximate surface area is 176 Å². The second-order valence-electron chi connectivity index (χ2n) is 7.80. The second-order valence-corrected chi connectivity index (χ2v) is 9.48. The third-order valence-electron chi connectivity index (χ3n) is 5.48. The lowest BCUT2D eigenvalue weighted by Crippen LogP contribution is -2.36. The van der Waals surface area contributed by atoms with Crippen LogP contribution in [0.5, 0.6) is 0 Å².